The normalized spacial score (nSPS) is 11.2. The van der Waals surface area contributed by atoms with Crippen molar-refractivity contribution in [2.45, 2.75) is 6.18 Å². The van der Waals surface area contributed by atoms with Crippen LogP contribution in [-0.2, 0) is 11.0 Å². The van der Waals surface area contributed by atoms with Gasteiger partial charge in [-0.1, -0.05) is 12.1 Å². The van der Waals surface area contributed by atoms with Crippen LogP contribution < -0.4 is 15.5 Å². The molecule has 0 radical (unpaired) electrons. The van der Waals surface area contributed by atoms with E-state index in [4.69, 9.17) is 4.74 Å². The summed E-state index contributed by atoms with van der Waals surface area (Å²) >= 11 is 0. The lowest BCUT2D eigenvalue weighted by atomic mass is 10.2. The second kappa shape index (κ2) is 10.9. The molecule has 9 nitrogen and oxygen atoms in total. The number of nitrogens with one attached hydrogen (secondary N) is 2. The molecule has 3 aromatic rings. The van der Waals surface area contributed by atoms with Crippen LogP contribution in [-0.4, -0.2) is 29.6 Å². The van der Waals surface area contributed by atoms with Crippen molar-refractivity contribution >= 4 is 29.5 Å². The molecule has 3 rings (SSSR count). The maximum atomic E-state index is 12.7. The molecule has 12 heteroatoms. The zero-order valence-corrected chi connectivity index (χ0v) is 17.8. The molecular formula is C23H17F3N4O5. The highest BCUT2D eigenvalue weighted by Gasteiger charge is 2.30. The number of anilines is 1. The van der Waals surface area contributed by atoms with Crippen molar-refractivity contribution in [3.8, 4) is 5.75 Å². The second-order valence-electron chi connectivity index (χ2n) is 6.99. The summed E-state index contributed by atoms with van der Waals surface area (Å²) in [7, 11) is 0. The van der Waals surface area contributed by atoms with Gasteiger partial charge in [-0.05, 0) is 54.1 Å². The van der Waals surface area contributed by atoms with Crippen LogP contribution in [0.1, 0.15) is 21.5 Å². The summed E-state index contributed by atoms with van der Waals surface area (Å²) in [6, 6.07) is 15.6. The van der Waals surface area contributed by atoms with Gasteiger partial charge in [0.25, 0.3) is 11.6 Å². The molecule has 0 heterocycles. The molecule has 3 aromatic carbocycles. The van der Waals surface area contributed by atoms with Gasteiger partial charge < -0.3 is 10.1 Å². The summed E-state index contributed by atoms with van der Waals surface area (Å²) in [5.41, 5.74) is 1.86. The third-order valence-electron chi connectivity index (χ3n) is 4.43. The second-order valence-corrected chi connectivity index (χ2v) is 6.99. The fourth-order valence-electron chi connectivity index (χ4n) is 2.74. The molecule has 1 amide bonds. The smallest absolute Gasteiger partial charge is 0.416 e. The highest BCUT2D eigenvalue weighted by Crippen LogP contribution is 2.30. The number of nitrogens with zero attached hydrogens (tertiary/aromatic N) is 2. The van der Waals surface area contributed by atoms with Crippen molar-refractivity contribution in [2.24, 2.45) is 5.10 Å². The molecule has 0 aliphatic carbocycles. The van der Waals surface area contributed by atoms with E-state index in [0.717, 1.165) is 18.2 Å². The quantitative estimate of drug-likeness (QED) is 0.160. The lowest BCUT2D eigenvalue weighted by Crippen LogP contribution is -2.26. The molecule has 180 valence electrons. The van der Waals surface area contributed by atoms with Gasteiger partial charge in [-0.25, -0.2) is 10.2 Å². The van der Waals surface area contributed by atoms with E-state index in [2.05, 4.69) is 15.8 Å². The Morgan fingerprint density at radius 1 is 1.03 bits per heavy atom. The van der Waals surface area contributed by atoms with E-state index in [1.54, 1.807) is 12.1 Å². The number of esters is 1. The SMILES string of the molecule is O=C(CNc1cccc(C(F)(F)F)c1)N/N=C\c1ccc(OC(=O)c2cccc([N+](=O)[O-])c2)cc1. The first-order chi connectivity index (χ1) is 16.6. The lowest BCUT2D eigenvalue weighted by molar-refractivity contribution is -0.384. The summed E-state index contributed by atoms with van der Waals surface area (Å²) < 4.78 is 43.4. The van der Waals surface area contributed by atoms with Gasteiger partial charge in [0.15, 0.2) is 0 Å². The average Bonchev–Trinajstić information content (AvgIpc) is 2.83. The summed E-state index contributed by atoms with van der Waals surface area (Å²) in [6.07, 6.45) is -3.17. The third-order valence-corrected chi connectivity index (χ3v) is 4.43. The zero-order valence-electron chi connectivity index (χ0n) is 17.8. The number of benzene rings is 3. The Morgan fingerprint density at radius 3 is 2.43 bits per heavy atom. The number of ether oxygens (including phenoxy) is 1. The molecule has 0 fully saturated rings. The van der Waals surface area contributed by atoms with Gasteiger partial charge in [0.2, 0.25) is 0 Å². The Hall–Kier alpha value is -4.74. The van der Waals surface area contributed by atoms with Crippen molar-refractivity contribution in [3.63, 3.8) is 0 Å². The molecule has 0 atom stereocenters. The van der Waals surface area contributed by atoms with Gasteiger partial charge in [-0.2, -0.15) is 18.3 Å². The van der Waals surface area contributed by atoms with Gasteiger partial charge in [-0.3, -0.25) is 14.9 Å². The van der Waals surface area contributed by atoms with E-state index < -0.39 is 28.5 Å². The van der Waals surface area contributed by atoms with E-state index >= 15 is 0 Å². The number of non-ortho nitro benzene ring substituents is 1. The Morgan fingerprint density at radius 2 is 1.74 bits per heavy atom. The Bertz CT molecular complexity index is 1260. The number of rotatable bonds is 8. The standard InChI is InChI=1S/C23H17F3N4O5/c24-23(25,26)17-4-2-5-18(12-17)27-14-21(31)29-28-13-15-7-9-20(10-8-15)35-22(32)16-3-1-6-19(11-16)30(33)34/h1-13,27H,14H2,(H,29,31)/b28-13-. The number of halogens is 3. The van der Waals surface area contributed by atoms with Crippen LogP contribution in [0.2, 0.25) is 0 Å². The van der Waals surface area contributed by atoms with E-state index in [1.165, 1.54) is 48.7 Å². The number of hydrogen-bond donors (Lipinski definition) is 2. The average molecular weight is 486 g/mol. The van der Waals surface area contributed by atoms with Gasteiger partial charge in [0, 0.05) is 17.8 Å². The first-order valence-electron chi connectivity index (χ1n) is 9.91. The van der Waals surface area contributed by atoms with Crippen molar-refractivity contribution in [2.75, 3.05) is 11.9 Å². The number of alkyl halides is 3. The molecule has 0 aliphatic rings. The van der Waals surface area contributed by atoms with Gasteiger partial charge in [-0.15, -0.1) is 0 Å². The first-order valence-corrected chi connectivity index (χ1v) is 9.91. The van der Waals surface area contributed by atoms with Crippen molar-refractivity contribution in [1.29, 1.82) is 0 Å². The number of nitro benzene ring substituents is 1. The number of carbonyl (C=O) groups is 2. The summed E-state index contributed by atoms with van der Waals surface area (Å²) in [5.74, 6) is -1.16. The largest absolute Gasteiger partial charge is 0.423 e. The molecular weight excluding hydrogens is 469 g/mol. The van der Waals surface area contributed by atoms with E-state index in [0.29, 0.717) is 5.56 Å². The van der Waals surface area contributed by atoms with Crippen LogP contribution in [0, 0.1) is 10.1 Å². The van der Waals surface area contributed by atoms with E-state index in [9.17, 15) is 32.9 Å². The summed E-state index contributed by atoms with van der Waals surface area (Å²) in [4.78, 5) is 34.2. The number of nitro groups is 1. The monoisotopic (exact) mass is 486 g/mol. The fourth-order valence-corrected chi connectivity index (χ4v) is 2.74. The molecule has 35 heavy (non-hydrogen) atoms. The zero-order chi connectivity index (χ0) is 25.4. The fraction of sp³-hybridized carbons (Fsp3) is 0.0870. The first kappa shape index (κ1) is 24.9. The molecule has 2 N–H and O–H groups in total. The Balaban J connectivity index is 1.49. The van der Waals surface area contributed by atoms with Crippen LogP contribution >= 0.6 is 0 Å². The molecule has 0 saturated carbocycles. The minimum Gasteiger partial charge on any atom is -0.423 e. The predicted molar refractivity (Wildman–Crippen MR) is 120 cm³/mol. The summed E-state index contributed by atoms with van der Waals surface area (Å²) in [6.45, 7) is -0.300. The molecule has 0 spiro atoms. The van der Waals surface area contributed by atoms with Crippen LogP contribution in [0.25, 0.3) is 0 Å². The number of hydrazone groups is 1. The van der Waals surface area contributed by atoms with E-state index in [1.807, 2.05) is 0 Å². The topological polar surface area (TPSA) is 123 Å². The molecule has 0 aliphatic heterocycles. The van der Waals surface area contributed by atoms with Crippen LogP contribution in [0.4, 0.5) is 24.5 Å². The lowest BCUT2D eigenvalue weighted by Gasteiger charge is -2.10. The molecule has 0 unspecified atom stereocenters. The summed E-state index contributed by atoms with van der Waals surface area (Å²) in [5, 5.41) is 17.2. The molecule has 0 bridgehead atoms. The Kier molecular flexibility index (Phi) is 7.77. The minimum absolute atomic E-state index is 0.0197. The minimum atomic E-state index is -4.49. The molecule has 0 saturated heterocycles. The third kappa shape index (κ3) is 7.39. The number of hydrogen-bond acceptors (Lipinski definition) is 7. The highest BCUT2D eigenvalue weighted by atomic mass is 19.4. The number of amides is 1. The van der Waals surface area contributed by atoms with Crippen molar-refractivity contribution in [1.82, 2.24) is 5.43 Å². The molecule has 0 aromatic heterocycles. The van der Waals surface area contributed by atoms with Crippen LogP contribution in [0.15, 0.2) is 77.9 Å². The van der Waals surface area contributed by atoms with E-state index in [-0.39, 0.29) is 29.2 Å². The maximum Gasteiger partial charge on any atom is 0.416 e. The van der Waals surface area contributed by atoms with Crippen LogP contribution in [0.5, 0.6) is 5.75 Å². The van der Waals surface area contributed by atoms with Crippen LogP contribution in [0.3, 0.4) is 0 Å². The number of carbonyl (C=O) groups excluding carboxylic acids is 2. The Labute approximate surface area is 196 Å². The maximum absolute atomic E-state index is 12.7. The highest BCUT2D eigenvalue weighted by molar-refractivity contribution is 5.92. The van der Waals surface area contributed by atoms with Gasteiger partial charge >= 0.3 is 12.1 Å². The van der Waals surface area contributed by atoms with Crippen molar-refractivity contribution in [3.05, 3.63) is 99.6 Å². The van der Waals surface area contributed by atoms with Gasteiger partial charge in [0.05, 0.1) is 28.8 Å². The predicted octanol–water partition coefficient (Wildman–Crippen LogP) is 4.40. The van der Waals surface area contributed by atoms with Gasteiger partial charge in [0.1, 0.15) is 5.75 Å². The van der Waals surface area contributed by atoms with Crippen molar-refractivity contribution < 1.29 is 32.4 Å².